The van der Waals surface area contributed by atoms with Gasteiger partial charge in [-0.25, -0.2) is 13.2 Å². The Morgan fingerprint density at radius 1 is 1.19 bits per heavy atom. The first-order valence-corrected chi connectivity index (χ1v) is 10.7. The van der Waals surface area contributed by atoms with E-state index in [0.717, 1.165) is 6.07 Å². The summed E-state index contributed by atoms with van der Waals surface area (Å²) in [7, 11) is 1.44. The van der Waals surface area contributed by atoms with E-state index >= 15 is 0 Å². The van der Waals surface area contributed by atoms with Crippen LogP contribution in [0.4, 0.5) is 23.7 Å². The highest BCUT2D eigenvalue weighted by atomic mass is 79.9. The fourth-order valence-corrected chi connectivity index (χ4v) is 4.89. The fourth-order valence-electron chi connectivity index (χ4n) is 2.64. The van der Waals surface area contributed by atoms with Gasteiger partial charge in [-0.05, 0) is 58.0 Å². The van der Waals surface area contributed by atoms with E-state index < -0.39 is 46.7 Å². The Morgan fingerprint density at radius 2 is 1.90 bits per heavy atom. The molecule has 162 valence electrons. The third-order valence-electron chi connectivity index (χ3n) is 4.01. The van der Waals surface area contributed by atoms with Crippen LogP contribution >= 0.6 is 43.6 Å². The van der Waals surface area contributed by atoms with Gasteiger partial charge >= 0.3 is 0 Å². The summed E-state index contributed by atoms with van der Waals surface area (Å²) in [5.74, 6) is -6.02. The Kier molecular flexibility index (Phi) is 7.12. The molecular formula is C19H11Br2F3N2O4S. The summed E-state index contributed by atoms with van der Waals surface area (Å²) in [6.07, 6.45) is 1.44. The van der Waals surface area contributed by atoms with Crippen molar-refractivity contribution < 1.29 is 32.3 Å². The molecule has 0 saturated carbocycles. The van der Waals surface area contributed by atoms with Gasteiger partial charge in [-0.15, -0.1) is 0 Å². The Bertz CT molecular complexity index is 1140. The third-order valence-corrected chi connectivity index (χ3v) is 5.97. The van der Waals surface area contributed by atoms with Gasteiger partial charge in [-0.2, -0.15) is 0 Å². The van der Waals surface area contributed by atoms with Crippen LogP contribution in [-0.2, 0) is 9.59 Å². The van der Waals surface area contributed by atoms with Gasteiger partial charge in [-0.3, -0.25) is 19.3 Å². The second-order valence-corrected chi connectivity index (χ2v) is 8.81. The molecule has 31 heavy (non-hydrogen) atoms. The van der Waals surface area contributed by atoms with Gasteiger partial charge in [0.1, 0.15) is 12.3 Å². The molecule has 3 amide bonds. The van der Waals surface area contributed by atoms with Crippen molar-refractivity contribution in [1.29, 1.82) is 0 Å². The maximum Gasteiger partial charge on any atom is 0.294 e. The Labute approximate surface area is 195 Å². The molecule has 6 nitrogen and oxygen atoms in total. The van der Waals surface area contributed by atoms with Gasteiger partial charge in [0.2, 0.25) is 5.91 Å². The van der Waals surface area contributed by atoms with Crippen molar-refractivity contribution in [1.82, 2.24) is 4.90 Å². The number of nitrogens with one attached hydrogen (secondary N) is 1. The Hall–Kier alpha value is -2.31. The number of benzene rings is 2. The molecule has 2 aromatic carbocycles. The zero-order chi connectivity index (χ0) is 22.9. The molecule has 3 rings (SSSR count). The molecule has 1 aliphatic heterocycles. The maximum absolute atomic E-state index is 13.7. The lowest BCUT2D eigenvalue weighted by Crippen LogP contribution is -2.36. The Balaban J connectivity index is 1.79. The highest BCUT2D eigenvalue weighted by molar-refractivity contribution is 9.11. The topological polar surface area (TPSA) is 75.7 Å². The second kappa shape index (κ2) is 9.45. The number of hydrogen-bond donors (Lipinski definition) is 1. The fraction of sp³-hybridized carbons (Fsp3) is 0.105. The van der Waals surface area contributed by atoms with E-state index in [1.165, 1.54) is 13.2 Å². The molecule has 2 aromatic rings. The summed E-state index contributed by atoms with van der Waals surface area (Å²) in [6.45, 7) is -0.736. The number of nitrogens with zero attached hydrogens (tertiary/aromatic N) is 1. The smallest absolute Gasteiger partial charge is 0.294 e. The number of carbonyl (C=O) groups excluding carboxylic acids is 3. The number of anilines is 1. The van der Waals surface area contributed by atoms with Crippen LogP contribution in [0.15, 0.2) is 38.1 Å². The minimum Gasteiger partial charge on any atom is -0.495 e. The van der Waals surface area contributed by atoms with Crippen LogP contribution in [0.2, 0.25) is 0 Å². The minimum atomic E-state index is -1.75. The van der Waals surface area contributed by atoms with Crippen LogP contribution in [0.5, 0.6) is 5.75 Å². The summed E-state index contributed by atoms with van der Waals surface area (Å²) < 4.78 is 46.6. The Morgan fingerprint density at radius 3 is 2.58 bits per heavy atom. The van der Waals surface area contributed by atoms with Crippen molar-refractivity contribution >= 4 is 72.4 Å². The molecule has 0 aromatic heterocycles. The normalized spacial score (nSPS) is 15.0. The van der Waals surface area contributed by atoms with Crippen molar-refractivity contribution in [3.63, 3.8) is 0 Å². The molecule has 0 atom stereocenters. The van der Waals surface area contributed by atoms with Crippen molar-refractivity contribution in [2.75, 3.05) is 19.0 Å². The predicted molar refractivity (Wildman–Crippen MR) is 116 cm³/mol. The number of hydrogen-bond acceptors (Lipinski definition) is 5. The molecule has 1 aliphatic rings. The monoisotopic (exact) mass is 578 g/mol. The standard InChI is InChI=1S/C19H11Br2F3N2O4S/c1-30-17-8(4-9(20)6-10(17)21)5-13-18(28)26(19(29)31-13)7-14(27)25-12-3-2-11(22)15(23)16(12)24/h2-6H,7H2,1H3,(H,25,27)/b13-5+. The van der Waals surface area contributed by atoms with Crippen molar-refractivity contribution in [3.8, 4) is 5.75 Å². The predicted octanol–water partition coefficient (Wildman–Crippen LogP) is 5.31. The average Bonchev–Trinajstić information content (AvgIpc) is 2.95. The van der Waals surface area contributed by atoms with Gasteiger partial charge in [0.15, 0.2) is 17.5 Å². The summed E-state index contributed by atoms with van der Waals surface area (Å²) in [4.78, 5) is 37.7. The SMILES string of the molecule is COc1c(Br)cc(Br)cc1/C=C1/SC(=O)N(CC(=O)Nc2ccc(F)c(F)c2F)C1=O. The second-order valence-electron chi connectivity index (χ2n) is 6.05. The molecule has 1 saturated heterocycles. The number of ether oxygens (including phenoxy) is 1. The zero-order valence-corrected chi connectivity index (χ0v) is 19.5. The quantitative estimate of drug-likeness (QED) is 0.384. The molecule has 1 heterocycles. The molecule has 0 unspecified atom stereocenters. The number of imide groups is 1. The van der Waals surface area contributed by atoms with Gasteiger partial charge in [-0.1, -0.05) is 15.9 Å². The maximum atomic E-state index is 13.7. The highest BCUT2D eigenvalue weighted by Crippen LogP contribution is 2.38. The van der Waals surface area contributed by atoms with Crippen LogP contribution < -0.4 is 10.1 Å². The lowest BCUT2D eigenvalue weighted by atomic mass is 10.2. The van der Waals surface area contributed by atoms with Crippen molar-refractivity contribution in [3.05, 3.63) is 61.1 Å². The van der Waals surface area contributed by atoms with Crippen LogP contribution in [-0.4, -0.2) is 35.6 Å². The van der Waals surface area contributed by atoms with Gasteiger partial charge in [0.25, 0.3) is 11.1 Å². The van der Waals surface area contributed by atoms with Crippen molar-refractivity contribution in [2.45, 2.75) is 0 Å². The molecule has 0 radical (unpaired) electrons. The minimum absolute atomic E-state index is 0.0418. The van der Waals surface area contributed by atoms with Gasteiger partial charge in [0, 0.05) is 10.0 Å². The van der Waals surface area contributed by atoms with Crippen LogP contribution in [0.3, 0.4) is 0 Å². The first-order valence-electron chi connectivity index (χ1n) is 8.34. The largest absolute Gasteiger partial charge is 0.495 e. The van der Waals surface area contributed by atoms with E-state index in [0.29, 0.717) is 43.0 Å². The number of amides is 3. The summed E-state index contributed by atoms with van der Waals surface area (Å²) in [6, 6.07) is 4.89. The van der Waals surface area contributed by atoms with Gasteiger partial charge in [0.05, 0.1) is 22.2 Å². The number of methoxy groups -OCH3 is 1. The lowest BCUT2D eigenvalue weighted by molar-refractivity contribution is -0.127. The van der Waals surface area contributed by atoms with E-state index in [9.17, 15) is 27.6 Å². The summed E-state index contributed by atoms with van der Waals surface area (Å²) >= 11 is 7.28. The molecule has 0 bridgehead atoms. The number of halogens is 5. The zero-order valence-electron chi connectivity index (χ0n) is 15.5. The molecular weight excluding hydrogens is 569 g/mol. The first kappa shape index (κ1) is 23.4. The van der Waals surface area contributed by atoms with Crippen LogP contribution in [0.25, 0.3) is 6.08 Å². The molecule has 1 N–H and O–H groups in total. The number of carbonyl (C=O) groups is 3. The molecule has 12 heteroatoms. The lowest BCUT2D eigenvalue weighted by Gasteiger charge is -2.13. The highest BCUT2D eigenvalue weighted by Gasteiger charge is 2.36. The van der Waals surface area contributed by atoms with E-state index in [2.05, 4.69) is 31.9 Å². The molecule has 0 spiro atoms. The van der Waals surface area contributed by atoms with E-state index in [-0.39, 0.29) is 4.91 Å². The summed E-state index contributed by atoms with van der Waals surface area (Å²) in [5, 5.41) is 1.30. The summed E-state index contributed by atoms with van der Waals surface area (Å²) in [5.41, 5.74) is -0.113. The van der Waals surface area contributed by atoms with E-state index in [4.69, 9.17) is 4.74 Å². The van der Waals surface area contributed by atoms with E-state index in [1.54, 1.807) is 12.1 Å². The molecule has 1 fully saturated rings. The third kappa shape index (κ3) is 4.96. The van der Waals surface area contributed by atoms with Crippen LogP contribution in [0, 0.1) is 17.5 Å². The average molecular weight is 580 g/mol. The van der Waals surface area contributed by atoms with Crippen LogP contribution in [0.1, 0.15) is 5.56 Å². The van der Waals surface area contributed by atoms with Gasteiger partial charge < -0.3 is 10.1 Å². The number of thioether (sulfide) groups is 1. The number of rotatable bonds is 5. The molecule has 0 aliphatic carbocycles. The van der Waals surface area contributed by atoms with Crippen molar-refractivity contribution in [2.24, 2.45) is 0 Å². The first-order chi connectivity index (χ1) is 14.6. The van der Waals surface area contributed by atoms with E-state index in [1.807, 2.05) is 5.32 Å².